The molecule has 1 aliphatic heterocycles. The second-order valence-electron chi connectivity index (χ2n) is 8.10. The van der Waals surface area contributed by atoms with Gasteiger partial charge in [-0.05, 0) is 87.4 Å². The number of aryl methyl sites for hydroxylation is 2. The summed E-state index contributed by atoms with van der Waals surface area (Å²) in [5.41, 5.74) is 4.21. The van der Waals surface area contributed by atoms with Crippen LogP contribution in [0.2, 0.25) is 0 Å². The molecule has 4 heteroatoms. The Labute approximate surface area is 161 Å². The maximum atomic E-state index is 12.7. The van der Waals surface area contributed by atoms with E-state index in [0.29, 0.717) is 0 Å². The third kappa shape index (κ3) is 4.44. The number of carbonyl (C=O) groups excluding carboxylic acids is 1. The van der Waals surface area contributed by atoms with E-state index >= 15 is 0 Å². The molecule has 1 amide bonds. The van der Waals surface area contributed by atoms with Gasteiger partial charge in [0.25, 0.3) is 0 Å². The molecule has 4 rings (SSSR count). The van der Waals surface area contributed by atoms with Crippen molar-refractivity contribution in [3.8, 4) is 0 Å². The fourth-order valence-corrected chi connectivity index (χ4v) is 4.41. The number of amides is 1. The van der Waals surface area contributed by atoms with Crippen LogP contribution in [0.1, 0.15) is 61.1 Å². The summed E-state index contributed by atoms with van der Waals surface area (Å²) in [6, 6.07) is 10.8. The summed E-state index contributed by atoms with van der Waals surface area (Å²) in [5.74, 6) is 1.33. The Kier molecular flexibility index (Phi) is 5.63. The smallest absolute Gasteiger partial charge is 0.223 e. The first-order valence-electron chi connectivity index (χ1n) is 10.4. The Morgan fingerprint density at radius 3 is 2.70 bits per heavy atom. The van der Waals surface area contributed by atoms with Crippen molar-refractivity contribution in [3.63, 3.8) is 0 Å². The summed E-state index contributed by atoms with van der Waals surface area (Å²) in [6.45, 7) is 4.85. The van der Waals surface area contributed by atoms with Crippen molar-refractivity contribution in [2.75, 3.05) is 13.1 Å². The maximum absolute atomic E-state index is 12.7. The lowest BCUT2D eigenvalue weighted by Gasteiger charge is -2.31. The number of hydrogen-bond acceptors (Lipinski definition) is 3. The fraction of sp³-hybridized carbons (Fsp3) is 0.522. The Morgan fingerprint density at radius 2 is 1.96 bits per heavy atom. The van der Waals surface area contributed by atoms with Crippen LogP contribution in [0.3, 0.4) is 0 Å². The Hall–Kier alpha value is -2.07. The Bertz CT molecular complexity index is 761. The van der Waals surface area contributed by atoms with Gasteiger partial charge in [0.15, 0.2) is 0 Å². The largest absolute Gasteiger partial charge is 0.468 e. The summed E-state index contributed by atoms with van der Waals surface area (Å²) in [4.78, 5) is 15.1. The van der Waals surface area contributed by atoms with Gasteiger partial charge in [0.2, 0.25) is 5.91 Å². The predicted molar refractivity (Wildman–Crippen MR) is 106 cm³/mol. The van der Waals surface area contributed by atoms with Crippen molar-refractivity contribution >= 4 is 5.91 Å². The number of carbonyl (C=O) groups is 1. The van der Waals surface area contributed by atoms with Crippen molar-refractivity contribution < 1.29 is 9.21 Å². The standard InChI is InChI=1S/C23H30N2O2/c1-17(20-9-8-18-5-2-3-6-21(18)15-20)24-23(26)19-10-12-25(13-11-19)16-22-7-4-14-27-22/h4,7-9,14-15,17,19H,2-3,5-6,10-13,16H2,1H3,(H,24,26)/t17-/m1/s1. The zero-order chi connectivity index (χ0) is 18.6. The molecule has 1 fully saturated rings. The summed E-state index contributed by atoms with van der Waals surface area (Å²) >= 11 is 0. The van der Waals surface area contributed by atoms with E-state index in [-0.39, 0.29) is 17.9 Å². The van der Waals surface area contributed by atoms with Crippen molar-refractivity contribution in [3.05, 3.63) is 59.0 Å². The first-order valence-corrected chi connectivity index (χ1v) is 10.4. The van der Waals surface area contributed by atoms with Gasteiger partial charge in [-0.15, -0.1) is 0 Å². The van der Waals surface area contributed by atoms with Gasteiger partial charge in [0, 0.05) is 5.92 Å². The van der Waals surface area contributed by atoms with Gasteiger partial charge in [-0.2, -0.15) is 0 Å². The average Bonchev–Trinajstić information content (AvgIpc) is 3.21. The van der Waals surface area contributed by atoms with Gasteiger partial charge in [0.1, 0.15) is 5.76 Å². The van der Waals surface area contributed by atoms with Gasteiger partial charge < -0.3 is 9.73 Å². The SMILES string of the molecule is C[C@@H](NC(=O)C1CCN(Cc2ccco2)CC1)c1ccc2c(c1)CCCC2. The molecule has 2 aliphatic rings. The Morgan fingerprint density at radius 1 is 1.19 bits per heavy atom. The van der Waals surface area contributed by atoms with Crippen LogP contribution in [0.5, 0.6) is 0 Å². The van der Waals surface area contributed by atoms with Crippen molar-refractivity contribution in [1.82, 2.24) is 10.2 Å². The van der Waals surface area contributed by atoms with Crippen molar-refractivity contribution in [2.24, 2.45) is 5.92 Å². The van der Waals surface area contributed by atoms with Crippen molar-refractivity contribution in [2.45, 2.75) is 58.0 Å². The second kappa shape index (κ2) is 8.30. The third-order valence-corrected chi connectivity index (χ3v) is 6.15. The zero-order valence-corrected chi connectivity index (χ0v) is 16.2. The zero-order valence-electron chi connectivity index (χ0n) is 16.2. The number of piperidine rings is 1. The number of furan rings is 1. The summed E-state index contributed by atoms with van der Waals surface area (Å²) < 4.78 is 5.43. The number of rotatable bonds is 5. The number of hydrogen-bond donors (Lipinski definition) is 1. The molecule has 0 radical (unpaired) electrons. The highest BCUT2D eigenvalue weighted by atomic mass is 16.3. The minimum atomic E-state index is 0.0749. The minimum Gasteiger partial charge on any atom is -0.468 e. The highest BCUT2D eigenvalue weighted by molar-refractivity contribution is 5.79. The first kappa shape index (κ1) is 18.3. The maximum Gasteiger partial charge on any atom is 0.223 e. The van der Waals surface area contributed by atoms with Crippen LogP contribution < -0.4 is 5.32 Å². The van der Waals surface area contributed by atoms with E-state index in [2.05, 4.69) is 35.3 Å². The van der Waals surface area contributed by atoms with E-state index in [1.807, 2.05) is 12.1 Å². The van der Waals surface area contributed by atoms with E-state index in [9.17, 15) is 4.79 Å². The molecule has 0 saturated carbocycles. The van der Waals surface area contributed by atoms with Crippen molar-refractivity contribution in [1.29, 1.82) is 0 Å². The van der Waals surface area contributed by atoms with Crippen LogP contribution in [0.25, 0.3) is 0 Å². The number of likely N-dealkylation sites (tertiary alicyclic amines) is 1. The molecule has 0 spiro atoms. The summed E-state index contributed by atoms with van der Waals surface area (Å²) in [6.07, 6.45) is 8.53. The molecule has 0 unspecified atom stereocenters. The molecule has 1 saturated heterocycles. The highest BCUT2D eigenvalue weighted by Crippen LogP contribution is 2.26. The van der Waals surface area contributed by atoms with E-state index in [1.165, 1.54) is 42.4 Å². The number of nitrogens with zero attached hydrogens (tertiary/aromatic N) is 1. The summed E-state index contributed by atoms with van der Waals surface area (Å²) in [5, 5.41) is 3.26. The molecule has 4 nitrogen and oxygen atoms in total. The third-order valence-electron chi connectivity index (χ3n) is 6.15. The minimum absolute atomic E-state index is 0.0749. The lowest BCUT2D eigenvalue weighted by molar-refractivity contribution is -0.127. The molecular weight excluding hydrogens is 336 g/mol. The molecular formula is C23H30N2O2. The van der Waals surface area contributed by atoms with Gasteiger partial charge >= 0.3 is 0 Å². The molecule has 2 aromatic rings. The average molecular weight is 367 g/mol. The molecule has 1 N–H and O–H groups in total. The molecule has 1 aromatic heterocycles. The number of benzene rings is 1. The number of nitrogens with one attached hydrogen (secondary N) is 1. The topological polar surface area (TPSA) is 45.5 Å². The van der Waals surface area contributed by atoms with Crippen LogP contribution in [0.15, 0.2) is 41.0 Å². The van der Waals surface area contributed by atoms with E-state index < -0.39 is 0 Å². The fourth-order valence-electron chi connectivity index (χ4n) is 4.41. The lowest BCUT2D eigenvalue weighted by Crippen LogP contribution is -2.40. The van der Waals surface area contributed by atoms with E-state index in [4.69, 9.17) is 4.42 Å². The van der Waals surface area contributed by atoms with Crippen LogP contribution in [0, 0.1) is 5.92 Å². The molecule has 0 bridgehead atoms. The lowest BCUT2D eigenvalue weighted by atomic mass is 9.89. The van der Waals surface area contributed by atoms with Crippen LogP contribution in [-0.4, -0.2) is 23.9 Å². The van der Waals surface area contributed by atoms with Crippen LogP contribution in [-0.2, 0) is 24.2 Å². The monoisotopic (exact) mass is 366 g/mol. The molecule has 2 heterocycles. The van der Waals surface area contributed by atoms with Crippen LogP contribution in [0.4, 0.5) is 0 Å². The first-order chi connectivity index (χ1) is 13.2. The second-order valence-corrected chi connectivity index (χ2v) is 8.10. The normalized spacial score (nSPS) is 19.4. The molecule has 144 valence electrons. The predicted octanol–water partition coefficient (Wildman–Crippen LogP) is 4.25. The molecule has 1 atom stereocenters. The molecule has 27 heavy (non-hydrogen) atoms. The van der Waals surface area contributed by atoms with E-state index in [0.717, 1.165) is 38.2 Å². The van der Waals surface area contributed by atoms with E-state index in [1.54, 1.807) is 6.26 Å². The van der Waals surface area contributed by atoms with Gasteiger partial charge in [-0.3, -0.25) is 9.69 Å². The molecule has 1 aromatic carbocycles. The summed E-state index contributed by atoms with van der Waals surface area (Å²) in [7, 11) is 0. The van der Waals surface area contributed by atoms with Gasteiger partial charge in [0.05, 0.1) is 18.8 Å². The number of fused-ring (bicyclic) bond motifs is 1. The molecule has 1 aliphatic carbocycles. The van der Waals surface area contributed by atoms with Crippen LogP contribution >= 0.6 is 0 Å². The quantitative estimate of drug-likeness (QED) is 0.860. The highest BCUT2D eigenvalue weighted by Gasteiger charge is 2.26. The Balaban J connectivity index is 1.29. The van der Waals surface area contributed by atoms with Gasteiger partial charge in [-0.1, -0.05) is 18.2 Å². The van der Waals surface area contributed by atoms with Gasteiger partial charge in [-0.25, -0.2) is 0 Å².